The molecule has 28 heavy (non-hydrogen) atoms. The molecule has 0 spiro atoms. The number of nitrogens with one attached hydrogen (secondary N) is 1. The lowest BCUT2D eigenvalue weighted by Gasteiger charge is -2.06. The second-order valence-corrected chi connectivity index (χ2v) is 8.62. The zero-order chi connectivity index (χ0) is 20.3. The van der Waals surface area contributed by atoms with E-state index in [1.165, 1.54) is 23.6 Å². The first-order chi connectivity index (χ1) is 13.3. The average molecular weight is 415 g/mol. The SMILES string of the molecule is CC(=O)c1cccc(NC(=O)CSc2nnc(-c3csc(C(C)C)c3)n2C)c1. The largest absolute Gasteiger partial charge is 0.325 e. The van der Waals surface area contributed by atoms with Gasteiger partial charge in [-0.3, -0.25) is 9.59 Å². The fourth-order valence-corrected chi connectivity index (χ4v) is 4.22. The van der Waals surface area contributed by atoms with Gasteiger partial charge in [0.05, 0.1) is 5.75 Å². The minimum Gasteiger partial charge on any atom is -0.325 e. The van der Waals surface area contributed by atoms with Crippen LogP contribution in [0.3, 0.4) is 0 Å². The number of hydrogen-bond acceptors (Lipinski definition) is 6. The third-order valence-electron chi connectivity index (χ3n) is 4.17. The van der Waals surface area contributed by atoms with E-state index in [9.17, 15) is 9.59 Å². The molecule has 0 aliphatic heterocycles. The van der Waals surface area contributed by atoms with E-state index in [0.29, 0.717) is 22.3 Å². The summed E-state index contributed by atoms with van der Waals surface area (Å²) in [4.78, 5) is 25.0. The minimum atomic E-state index is -0.159. The molecule has 146 valence electrons. The number of rotatable bonds is 7. The maximum absolute atomic E-state index is 12.3. The molecule has 0 bridgehead atoms. The number of aromatic nitrogens is 3. The molecule has 0 fully saturated rings. The van der Waals surface area contributed by atoms with Gasteiger partial charge in [0.2, 0.25) is 5.91 Å². The summed E-state index contributed by atoms with van der Waals surface area (Å²) in [6, 6.07) is 9.05. The van der Waals surface area contributed by atoms with Crippen molar-refractivity contribution in [3.05, 3.63) is 46.2 Å². The third kappa shape index (κ3) is 4.69. The fourth-order valence-electron chi connectivity index (χ4n) is 2.61. The molecule has 3 rings (SSSR count). The second kappa shape index (κ2) is 8.70. The van der Waals surface area contributed by atoms with Crippen molar-refractivity contribution in [3.63, 3.8) is 0 Å². The van der Waals surface area contributed by atoms with Crippen LogP contribution in [0.1, 0.15) is 41.9 Å². The first-order valence-corrected chi connectivity index (χ1v) is 10.7. The highest BCUT2D eigenvalue weighted by Gasteiger charge is 2.15. The summed E-state index contributed by atoms with van der Waals surface area (Å²) in [5, 5.41) is 14.1. The Hall–Kier alpha value is -2.45. The van der Waals surface area contributed by atoms with E-state index in [4.69, 9.17) is 0 Å². The van der Waals surface area contributed by atoms with Gasteiger partial charge in [0.25, 0.3) is 0 Å². The van der Waals surface area contributed by atoms with E-state index in [1.807, 2.05) is 11.6 Å². The molecule has 2 aromatic heterocycles. The van der Waals surface area contributed by atoms with Gasteiger partial charge >= 0.3 is 0 Å². The van der Waals surface area contributed by atoms with Gasteiger partial charge in [-0.15, -0.1) is 21.5 Å². The molecule has 8 heteroatoms. The lowest BCUT2D eigenvalue weighted by Crippen LogP contribution is -2.14. The van der Waals surface area contributed by atoms with Crippen LogP contribution in [-0.2, 0) is 11.8 Å². The van der Waals surface area contributed by atoms with E-state index >= 15 is 0 Å². The third-order valence-corrected chi connectivity index (χ3v) is 6.42. The minimum absolute atomic E-state index is 0.0360. The van der Waals surface area contributed by atoms with E-state index in [2.05, 4.69) is 40.8 Å². The van der Waals surface area contributed by atoms with Crippen molar-refractivity contribution in [1.29, 1.82) is 0 Å². The van der Waals surface area contributed by atoms with Gasteiger partial charge in [-0.1, -0.05) is 37.7 Å². The van der Waals surface area contributed by atoms with Crippen LogP contribution in [0.4, 0.5) is 5.69 Å². The van der Waals surface area contributed by atoms with E-state index in [1.54, 1.807) is 35.6 Å². The summed E-state index contributed by atoms with van der Waals surface area (Å²) in [5.74, 6) is 1.28. The Morgan fingerprint density at radius 3 is 2.71 bits per heavy atom. The average Bonchev–Trinajstić information content (AvgIpc) is 3.27. The number of hydrogen-bond donors (Lipinski definition) is 1. The van der Waals surface area contributed by atoms with Gasteiger partial charge in [0.15, 0.2) is 16.8 Å². The molecule has 0 saturated carbocycles. The number of ketones is 1. The second-order valence-electron chi connectivity index (χ2n) is 6.73. The summed E-state index contributed by atoms with van der Waals surface area (Å²) >= 11 is 3.04. The predicted molar refractivity (Wildman–Crippen MR) is 114 cm³/mol. The molecule has 1 aromatic carbocycles. The van der Waals surface area contributed by atoms with Gasteiger partial charge in [0, 0.05) is 34.1 Å². The van der Waals surface area contributed by atoms with Crippen molar-refractivity contribution in [2.45, 2.75) is 31.8 Å². The van der Waals surface area contributed by atoms with Crippen LogP contribution in [0, 0.1) is 0 Å². The molecule has 3 aromatic rings. The van der Waals surface area contributed by atoms with Crippen molar-refractivity contribution in [2.75, 3.05) is 11.1 Å². The molecule has 0 aliphatic rings. The van der Waals surface area contributed by atoms with Crippen LogP contribution >= 0.6 is 23.1 Å². The summed E-state index contributed by atoms with van der Waals surface area (Å²) in [7, 11) is 1.90. The Morgan fingerprint density at radius 2 is 2.04 bits per heavy atom. The van der Waals surface area contributed by atoms with Gasteiger partial charge in [-0.25, -0.2) is 0 Å². The van der Waals surface area contributed by atoms with Crippen molar-refractivity contribution >= 4 is 40.5 Å². The predicted octanol–water partition coefficient (Wildman–Crippen LogP) is 4.60. The number of thioether (sulfide) groups is 1. The van der Waals surface area contributed by atoms with E-state index in [0.717, 1.165) is 11.4 Å². The van der Waals surface area contributed by atoms with Crippen LogP contribution < -0.4 is 5.32 Å². The zero-order valence-corrected chi connectivity index (χ0v) is 17.9. The highest BCUT2D eigenvalue weighted by Crippen LogP contribution is 2.30. The van der Waals surface area contributed by atoms with Crippen LogP contribution in [0.5, 0.6) is 0 Å². The number of Topliss-reactive ketones (excluding diaryl/α,β-unsaturated/α-hetero) is 1. The molecule has 6 nitrogen and oxygen atoms in total. The first kappa shape index (κ1) is 20.3. The highest BCUT2D eigenvalue weighted by atomic mass is 32.2. The van der Waals surface area contributed by atoms with Crippen LogP contribution in [0.15, 0.2) is 40.9 Å². The summed E-state index contributed by atoms with van der Waals surface area (Å²) in [6.45, 7) is 5.83. The standard InChI is InChI=1S/C20H22N4O2S2/c1-12(2)17-9-15(10-27-17)19-22-23-20(24(19)4)28-11-18(26)21-16-7-5-6-14(8-16)13(3)25/h5-10,12H,11H2,1-4H3,(H,21,26). The number of nitrogens with zero attached hydrogens (tertiary/aromatic N) is 3. The molecule has 2 heterocycles. The fraction of sp³-hybridized carbons (Fsp3) is 0.300. The monoisotopic (exact) mass is 414 g/mol. The molecule has 1 N–H and O–H groups in total. The Labute approximate surface area is 172 Å². The van der Waals surface area contributed by atoms with Crippen molar-refractivity contribution < 1.29 is 9.59 Å². The quantitative estimate of drug-likeness (QED) is 0.452. The zero-order valence-electron chi connectivity index (χ0n) is 16.2. The number of benzene rings is 1. The molecule has 0 saturated heterocycles. The molecule has 0 atom stereocenters. The van der Waals surface area contributed by atoms with Crippen molar-refractivity contribution in [1.82, 2.24) is 14.8 Å². The molecule has 0 unspecified atom stereocenters. The number of carbonyl (C=O) groups is 2. The summed E-state index contributed by atoms with van der Waals surface area (Å²) in [6.07, 6.45) is 0. The maximum atomic E-state index is 12.3. The lowest BCUT2D eigenvalue weighted by molar-refractivity contribution is -0.113. The Balaban J connectivity index is 1.63. The molecular weight excluding hydrogens is 392 g/mol. The summed E-state index contributed by atoms with van der Waals surface area (Å²) in [5.41, 5.74) is 2.22. The normalized spacial score (nSPS) is 11.0. The van der Waals surface area contributed by atoms with Crippen molar-refractivity contribution in [3.8, 4) is 11.4 Å². The molecular formula is C20H22N4O2S2. The van der Waals surface area contributed by atoms with Crippen molar-refractivity contribution in [2.24, 2.45) is 7.05 Å². The van der Waals surface area contributed by atoms with Gasteiger partial charge in [-0.05, 0) is 31.0 Å². The highest BCUT2D eigenvalue weighted by molar-refractivity contribution is 7.99. The smallest absolute Gasteiger partial charge is 0.234 e. The van der Waals surface area contributed by atoms with Crippen LogP contribution in [-0.4, -0.2) is 32.2 Å². The Kier molecular flexibility index (Phi) is 6.31. The van der Waals surface area contributed by atoms with E-state index < -0.39 is 0 Å². The maximum Gasteiger partial charge on any atom is 0.234 e. The van der Waals surface area contributed by atoms with Gasteiger partial charge in [-0.2, -0.15) is 0 Å². The summed E-state index contributed by atoms with van der Waals surface area (Å²) < 4.78 is 1.90. The number of amides is 1. The Morgan fingerprint density at radius 1 is 1.25 bits per heavy atom. The van der Waals surface area contributed by atoms with E-state index in [-0.39, 0.29) is 17.4 Å². The first-order valence-electron chi connectivity index (χ1n) is 8.87. The van der Waals surface area contributed by atoms with Crippen LogP contribution in [0.2, 0.25) is 0 Å². The molecule has 0 radical (unpaired) electrons. The van der Waals surface area contributed by atoms with Gasteiger partial charge < -0.3 is 9.88 Å². The number of anilines is 1. The lowest BCUT2D eigenvalue weighted by atomic mass is 10.1. The topological polar surface area (TPSA) is 76.9 Å². The molecule has 0 aliphatic carbocycles. The number of carbonyl (C=O) groups excluding carboxylic acids is 2. The molecule has 1 amide bonds. The number of thiophene rings is 1. The Bertz CT molecular complexity index is 1010. The van der Waals surface area contributed by atoms with Gasteiger partial charge in [0.1, 0.15) is 0 Å². The van der Waals surface area contributed by atoms with Crippen LogP contribution in [0.25, 0.3) is 11.4 Å².